The Morgan fingerprint density at radius 3 is 2.68 bits per heavy atom. The van der Waals surface area contributed by atoms with Crippen molar-refractivity contribution in [1.29, 1.82) is 0 Å². The second kappa shape index (κ2) is 9.17. The molecule has 3 heterocycles. The van der Waals surface area contributed by atoms with Crippen LogP contribution in [0, 0.1) is 5.92 Å². The second-order valence-corrected chi connectivity index (χ2v) is 6.10. The van der Waals surface area contributed by atoms with Crippen LogP contribution in [-0.4, -0.2) is 44.7 Å². The van der Waals surface area contributed by atoms with E-state index in [0.29, 0.717) is 18.0 Å². The number of likely N-dealkylation sites (tertiary alicyclic amines) is 1. The van der Waals surface area contributed by atoms with Gasteiger partial charge in [-0.05, 0) is 44.4 Å². The van der Waals surface area contributed by atoms with Gasteiger partial charge in [0.2, 0.25) is 0 Å². The lowest BCUT2D eigenvalue weighted by Crippen LogP contribution is -2.34. The van der Waals surface area contributed by atoms with Crippen molar-refractivity contribution in [3.63, 3.8) is 0 Å². The van der Waals surface area contributed by atoms with E-state index in [9.17, 15) is 4.79 Å². The Hall–Kier alpha value is -1.63. The summed E-state index contributed by atoms with van der Waals surface area (Å²) in [5.41, 5.74) is 7.34. The number of amides is 1. The topological polar surface area (TPSA) is 77.0 Å². The summed E-state index contributed by atoms with van der Waals surface area (Å²) in [5, 5.41) is 4.40. The Balaban J connectivity index is 0.00000156. The molecule has 1 aliphatic heterocycles. The Morgan fingerprint density at radius 2 is 2.12 bits per heavy atom. The van der Waals surface area contributed by atoms with Crippen molar-refractivity contribution in [1.82, 2.24) is 19.7 Å². The van der Waals surface area contributed by atoms with E-state index in [0.717, 1.165) is 30.9 Å². The van der Waals surface area contributed by atoms with Crippen LogP contribution < -0.4 is 5.73 Å². The number of rotatable bonds is 4. The number of aromatic nitrogens is 3. The van der Waals surface area contributed by atoms with Gasteiger partial charge in [0.1, 0.15) is 0 Å². The van der Waals surface area contributed by atoms with E-state index < -0.39 is 0 Å². The Morgan fingerprint density at radius 1 is 1.36 bits per heavy atom. The fraction of sp³-hybridized carbons (Fsp3) is 0.471. The number of pyridine rings is 1. The molecule has 2 unspecified atom stereocenters. The second-order valence-electron chi connectivity index (χ2n) is 6.10. The van der Waals surface area contributed by atoms with Gasteiger partial charge in [0, 0.05) is 18.8 Å². The zero-order valence-corrected chi connectivity index (χ0v) is 16.1. The minimum atomic E-state index is 0. The molecule has 0 aliphatic carbocycles. The van der Waals surface area contributed by atoms with Gasteiger partial charge in [-0.15, -0.1) is 24.8 Å². The molecule has 1 fully saturated rings. The zero-order valence-electron chi connectivity index (χ0n) is 14.5. The van der Waals surface area contributed by atoms with Crippen molar-refractivity contribution in [3.8, 4) is 5.82 Å². The molecule has 0 aromatic carbocycles. The van der Waals surface area contributed by atoms with Crippen LogP contribution in [0.3, 0.4) is 0 Å². The van der Waals surface area contributed by atoms with E-state index in [4.69, 9.17) is 5.73 Å². The highest BCUT2D eigenvalue weighted by Gasteiger charge is 2.33. The lowest BCUT2D eigenvalue weighted by atomic mass is 10.1. The minimum absolute atomic E-state index is 0. The van der Waals surface area contributed by atoms with Crippen LogP contribution in [0.5, 0.6) is 0 Å². The molecule has 8 heteroatoms. The van der Waals surface area contributed by atoms with Gasteiger partial charge in [0.15, 0.2) is 5.82 Å². The molecule has 0 saturated carbocycles. The number of carbonyl (C=O) groups excluding carboxylic acids is 1. The van der Waals surface area contributed by atoms with Crippen LogP contribution in [0.4, 0.5) is 0 Å². The van der Waals surface area contributed by atoms with Crippen molar-refractivity contribution in [3.05, 3.63) is 41.9 Å². The first-order chi connectivity index (χ1) is 11.2. The van der Waals surface area contributed by atoms with Crippen LogP contribution in [0.25, 0.3) is 5.82 Å². The van der Waals surface area contributed by atoms with Gasteiger partial charge in [-0.1, -0.05) is 13.0 Å². The standard InChI is InChI=1S/C17H23N5O.2ClH/c1-3-15-14(10-20-22(15)16-6-4-5-7-19-16)17(23)21-11-13(9-18)8-12(21)2;;/h4-7,10,12-13H,3,8-9,11,18H2,1-2H3;2*1H. The number of hydrogen-bond acceptors (Lipinski definition) is 4. The quantitative estimate of drug-likeness (QED) is 0.876. The molecule has 0 bridgehead atoms. The smallest absolute Gasteiger partial charge is 0.257 e. The van der Waals surface area contributed by atoms with Crippen LogP contribution >= 0.6 is 24.8 Å². The summed E-state index contributed by atoms with van der Waals surface area (Å²) in [5.74, 6) is 1.18. The van der Waals surface area contributed by atoms with E-state index in [1.54, 1.807) is 17.1 Å². The molecule has 25 heavy (non-hydrogen) atoms. The van der Waals surface area contributed by atoms with Crippen molar-refractivity contribution in [2.75, 3.05) is 13.1 Å². The Bertz CT molecular complexity index is 692. The maximum absolute atomic E-state index is 13.0. The van der Waals surface area contributed by atoms with Crippen LogP contribution in [0.1, 0.15) is 36.3 Å². The number of nitrogens with two attached hydrogens (primary N) is 1. The Kier molecular flexibility index (Phi) is 7.86. The molecule has 2 N–H and O–H groups in total. The summed E-state index contributed by atoms with van der Waals surface area (Å²) in [4.78, 5) is 19.2. The van der Waals surface area contributed by atoms with Crippen molar-refractivity contribution >= 4 is 30.7 Å². The highest BCUT2D eigenvalue weighted by molar-refractivity contribution is 5.95. The average Bonchev–Trinajstić information content (AvgIpc) is 3.18. The number of hydrogen-bond donors (Lipinski definition) is 1. The fourth-order valence-electron chi connectivity index (χ4n) is 3.32. The molecular formula is C17H25Cl2N5O. The van der Waals surface area contributed by atoms with E-state index in [-0.39, 0.29) is 36.8 Å². The molecule has 0 spiro atoms. The van der Waals surface area contributed by atoms with E-state index in [2.05, 4.69) is 17.0 Å². The predicted octanol–water partition coefficient (Wildman–Crippen LogP) is 2.48. The lowest BCUT2D eigenvalue weighted by Gasteiger charge is -2.21. The summed E-state index contributed by atoms with van der Waals surface area (Å²) in [7, 11) is 0. The maximum atomic E-state index is 13.0. The van der Waals surface area contributed by atoms with Gasteiger partial charge in [0.05, 0.1) is 17.5 Å². The van der Waals surface area contributed by atoms with Gasteiger partial charge < -0.3 is 10.6 Å². The summed E-state index contributed by atoms with van der Waals surface area (Å²) >= 11 is 0. The first-order valence-electron chi connectivity index (χ1n) is 8.15. The van der Waals surface area contributed by atoms with Crippen molar-refractivity contribution in [2.24, 2.45) is 11.7 Å². The normalized spacial score (nSPS) is 19.2. The van der Waals surface area contributed by atoms with Gasteiger partial charge in [-0.25, -0.2) is 9.67 Å². The molecule has 1 aliphatic rings. The van der Waals surface area contributed by atoms with Gasteiger partial charge in [-0.3, -0.25) is 4.79 Å². The van der Waals surface area contributed by atoms with Gasteiger partial charge in [0.25, 0.3) is 5.91 Å². The molecule has 2 atom stereocenters. The van der Waals surface area contributed by atoms with Gasteiger partial charge in [-0.2, -0.15) is 5.10 Å². The van der Waals surface area contributed by atoms with Crippen LogP contribution in [-0.2, 0) is 6.42 Å². The third-order valence-corrected chi connectivity index (χ3v) is 4.56. The maximum Gasteiger partial charge on any atom is 0.257 e. The van der Waals surface area contributed by atoms with Crippen LogP contribution in [0.2, 0.25) is 0 Å². The predicted molar refractivity (Wildman–Crippen MR) is 103 cm³/mol. The summed E-state index contributed by atoms with van der Waals surface area (Å²) < 4.78 is 1.76. The minimum Gasteiger partial charge on any atom is -0.335 e. The number of halogens is 2. The molecule has 3 rings (SSSR count). The third-order valence-electron chi connectivity index (χ3n) is 4.56. The summed E-state index contributed by atoms with van der Waals surface area (Å²) in [6.45, 7) is 5.47. The molecule has 2 aromatic heterocycles. The van der Waals surface area contributed by atoms with Crippen LogP contribution in [0.15, 0.2) is 30.6 Å². The van der Waals surface area contributed by atoms with Gasteiger partial charge >= 0.3 is 0 Å². The fourth-order valence-corrected chi connectivity index (χ4v) is 3.32. The molecule has 1 saturated heterocycles. The van der Waals surface area contributed by atoms with Crippen molar-refractivity contribution < 1.29 is 4.79 Å². The summed E-state index contributed by atoms with van der Waals surface area (Å²) in [6, 6.07) is 5.89. The first kappa shape index (κ1) is 21.4. The SMILES string of the molecule is CCc1c(C(=O)N2CC(CN)CC2C)cnn1-c1ccccn1.Cl.Cl. The molecule has 0 radical (unpaired) electrons. The van der Waals surface area contributed by atoms with E-state index in [1.165, 1.54) is 0 Å². The first-order valence-corrected chi connectivity index (χ1v) is 8.15. The highest BCUT2D eigenvalue weighted by atomic mass is 35.5. The molecule has 138 valence electrons. The lowest BCUT2D eigenvalue weighted by molar-refractivity contribution is 0.0742. The highest BCUT2D eigenvalue weighted by Crippen LogP contribution is 2.25. The van der Waals surface area contributed by atoms with E-state index >= 15 is 0 Å². The Labute approximate surface area is 160 Å². The molecule has 6 nitrogen and oxygen atoms in total. The molecule has 1 amide bonds. The summed E-state index contributed by atoms with van der Waals surface area (Å²) in [6.07, 6.45) is 5.09. The number of carbonyl (C=O) groups is 1. The molecular weight excluding hydrogens is 361 g/mol. The zero-order chi connectivity index (χ0) is 16.4. The monoisotopic (exact) mass is 385 g/mol. The largest absolute Gasteiger partial charge is 0.335 e. The van der Waals surface area contributed by atoms with Crippen molar-refractivity contribution in [2.45, 2.75) is 32.7 Å². The number of nitrogens with zero attached hydrogens (tertiary/aromatic N) is 4. The van der Waals surface area contributed by atoms with E-state index in [1.807, 2.05) is 30.0 Å². The third kappa shape index (κ3) is 4.14. The average molecular weight is 386 g/mol. The molecule has 2 aromatic rings.